The number of carbonyl (C=O) groups excluding carboxylic acids is 1. The average Bonchev–Trinajstić information content (AvgIpc) is 2.95. The number of nitrogens with zero attached hydrogens (tertiary/aromatic N) is 3. The molecular formula is C13H21N5O4. The minimum absolute atomic E-state index is 0.0326. The Hall–Kier alpha value is -2.00. The van der Waals surface area contributed by atoms with Gasteiger partial charge in [0.15, 0.2) is 0 Å². The third kappa shape index (κ3) is 4.25. The van der Waals surface area contributed by atoms with Crippen LogP contribution in [0.5, 0.6) is 0 Å². The van der Waals surface area contributed by atoms with Crippen molar-refractivity contribution in [3.8, 4) is 0 Å². The van der Waals surface area contributed by atoms with Crippen LogP contribution >= 0.6 is 0 Å². The molecule has 0 saturated carbocycles. The van der Waals surface area contributed by atoms with Crippen LogP contribution in [-0.2, 0) is 16.1 Å². The maximum Gasteiger partial charge on any atom is 0.307 e. The lowest BCUT2D eigenvalue weighted by molar-refractivity contribution is -0.385. The third-order valence-electron chi connectivity index (χ3n) is 3.91. The van der Waals surface area contributed by atoms with Crippen molar-refractivity contribution in [1.29, 1.82) is 0 Å². The summed E-state index contributed by atoms with van der Waals surface area (Å²) in [4.78, 5) is 22.0. The predicted octanol–water partition coefficient (Wildman–Crippen LogP) is -0.0763. The van der Waals surface area contributed by atoms with Gasteiger partial charge in [0.25, 0.3) is 0 Å². The van der Waals surface area contributed by atoms with Gasteiger partial charge in [-0.05, 0) is 25.9 Å². The van der Waals surface area contributed by atoms with E-state index in [4.69, 9.17) is 4.74 Å². The average molecular weight is 311 g/mol. The predicted molar refractivity (Wildman–Crippen MR) is 78.3 cm³/mol. The second kappa shape index (κ2) is 7.32. The van der Waals surface area contributed by atoms with Crippen LogP contribution in [0.4, 0.5) is 5.69 Å². The number of ether oxygens (including phenoxy) is 1. The Balaban J connectivity index is 1.86. The summed E-state index contributed by atoms with van der Waals surface area (Å²) in [6, 6.07) is 0. The number of piperidine rings is 1. The lowest BCUT2D eigenvalue weighted by atomic mass is 9.79. The van der Waals surface area contributed by atoms with Gasteiger partial charge in [0.05, 0.1) is 11.5 Å². The first-order valence-corrected chi connectivity index (χ1v) is 7.18. The summed E-state index contributed by atoms with van der Waals surface area (Å²) < 4.78 is 6.56. The summed E-state index contributed by atoms with van der Waals surface area (Å²) in [6.45, 7) is 2.91. The first kappa shape index (κ1) is 16.4. The molecule has 9 nitrogen and oxygen atoms in total. The molecule has 2 N–H and O–H groups in total. The van der Waals surface area contributed by atoms with Crippen LogP contribution in [0.15, 0.2) is 12.4 Å². The van der Waals surface area contributed by atoms with Crippen LogP contribution in [0, 0.1) is 15.5 Å². The molecule has 1 fully saturated rings. The number of methoxy groups -OCH3 is 1. The molecule has 122 valence electrons. The maximum absolute atomic E-state index is 12.0. The van der Waals surface area contributed by atoms with E-state index < -0.39 is 4.92 Å². The van der Waals surface area contributed by atoms with Crippen molar-refractivity contribution >= 4 is 11.6 Å². The molecule has 1 aliphatic heterocycles. The molecule has 1 saturated heterocycles. The van der Waals surface area contributed by atoms with Gasteiger partial charge in [-0.3, -0.25) is 19.6 Å². The van der Waals surface area contributed by atoms with Gasteiger partial charge in [0, 0.05) is 19.1 Å². The summed E-state index contributed by atoms with van der Waals surface area (Å²) in [5, 5.41) is 20.6. The maximum atomic E-state index is 12.0. The zero-order chi connectivity index (χ0) is 16.0. The first-order valence-electron chi connectivity index (χ1n) is 7.18. The highest BCUT2D eigenvalue weighted by atomic mass is 16.6. The second-order valence-electron chi connectivity index (χ2n) is 5.61. The molecule has 1 aromatic rings. The Bertz CT molecular complexity index is 519. The third-order valence-corrected chi connectivity index (χ3v) is 3.91. The zero-order valence-corrected chi connectivity index (χ0v) is 12.6. The van der Waals surface area contributed by atoms with Crippen molar-refractivity contribution in [1.82, 2.24) is 20.4 Å². The van der Waals surface area contributed by atoms with E-state index in [1.165, 1.54) is 10.9 Å². The molecule has 9 heteroatoms. The van der Waals surface area contributed by atoms with E-state index in [-0.39, 0.29) is 23.6 Å². The van der Waals surface area contributed by atoms with E-state index in [0.717, 1.165) is 32.1 Å². The molecular weight excluding hydrogens is 290 g/mol. The van der Waals surface area contributed by atoms with E-state index >= 15 is 0 Å². The van der Waals surface area contributed by atoms with Gasteiger partial charge in [-0.1, -0.05) is 0 Å². The molecule has 0 spiro atoms. The molecule has 0 unspecified atom stereocenters. The van der Waals surface area contributed by atoms with Crippen LogP contribution in [0.3, 0.4) is 0 Å². The number of carbonyl (C=O) groups is 1. The Morgan fingerprint density at radius 1 is 1.59 bits per heavy atom. The van der Waals surface area contributed by atoms with Crippen LogP contribution < -0.4 is 10.6 Å². The first-order chi connectivity index (χ1) is 10.5. The fourth-order valence-electron chi connectivity index (χ4n) is 2.66. The van der Waals surface area contributed by atoms with Crippen LogP contribution in [0.2, 0.25) is 0 Å². The summed E-state index contributed by atoms with van der Waals surface area (Å²) in [7, 11) is 1.66. The molecule has 22 heavy (non-hydrogen) atoms. The quantitative estimate of drug-likeness (QED) is 0.538. The van der Waals surface area contributed by atoms with Gasteiger partial charge in [0.1, 0.15) is 18.9 Å². The lowest BCUT2D eigenvalue weighted by Gasteiger charge is -2.37. The van der Waals surface area contributed by atoms with Gasteiger partial charge in [-0.15, -0.1) is 0 Å². The van der Waals surface area contributed by atoms with E-state index in [1.807, 2.05) is 0 Å². The highest BCUT2D eigenvalue weighted by Crippen LogP contribution is 2.28. The van der Waals surface area contributed by atoms with Crippen LogP contribution in [0.1, 0.15) is 12.8 Å². The molecule has 1 amide bonds. The Morgan fingerprint density at radius 2 is 2.32 bits per heavy atom. The van der Waals surface area contributed by atoms with Gasteiger partial charge in [-0.2, -0.15) is 5.10 Å². The van der Waals surface area contributed by atoms with Crippen molar-refractivity contribution in [2.24, 2.45) is 5.41 Å². The van der Waals surface area contributed by atoms with Crippen molar-refractivity contribution in [2.75, 3.05) is 33.4 Å². The number of rotatable bonds is 7. The number of aromatic nitrogens is 2. The lowest BCUT2D eigenvalue weighted by Crippen LogP contribution is -2.47. The standard InChI is InChI=1S/C13H21N5O4/c1-22-10-13(2-4-14-5-3-13)9-15-12(19)8-17-7-11(6-16-17)18(20)21/h6-7,14H,2-5,8-10H2,1H3,(H,15,19). The number of hydrogen-bond acceptors (Lipinski definition) is 6. The van der Waals surface area contributed by atoms with Crippen LogP contribution in [-0.4, -0.2) is 54.0 Å². The van der Waals surface area contributed by atoms with Crippen molar-refractivity contribution in [2.45, 2.75) is 19.4 Å². The highest BCUT2D eigenvalue weighted by molar-refractivity contribution is 5.75. The number of hydrogen-bond donors (Lipinski definition) is 2. The number of nitrogens with one attached hydrogen (secondary N) is 2. The van der Waals surface area contributed by atoms with Crippen LogP contribution in [0.25, 0.3) is 0 Å². The Labute approximate surface area is 128 Å². The molecule has 1 aliphatic rings. The van der Waals surface area contributed by atoms with E-state index in [0.29, 0.717) is 13.2 Å². The molecule has 0 atom stereocenters. The summed E-state index contributed by atoms with van der Waals surface area (Å²) in [6.07, 6.45) is 4.25. The van der Waals surface area contributed by atoms with Gasteiger partial charge < -0.3 is 15.4 Å². The normalized spacial score (nSPS) is 17.1. The van der Waals surface area contributed by atoms with Gasteiger partial charge >= 0.3 is 5.69 Å². The monoisotopic (exact) mass is 311 g/mol. The fourth-order valence-corrected chi connectivity index (χ4v) is 2.66. The summed E-state index contributed by atoms with van der Waals surface area (Å²) >= 11 is 0. The molecule has 2 heterocycles. The zero-order valence-electron chi connectivity index (χ0n) is 12.6. The molecule has 0 aliphatic carbocycles. The molecule has 0 aromatic carbocycles. The minimum Gasteiger partial charge on any atom is -0.384 e. The minimum atomic E-state index is -0.538. The van der Waals surface area contributed by atoms with E-state index in [2.05, 4.69) is 15.7 Å². The van der Waals surface area contributed by atoms with Crippen molar-refractivity contribution in [3.63, 3.8) is 0 Å². The molecule has 1 aromatic heterocycles. The largest absolute Gasteiger partial charge is 0.384 e. The van der Waals surface area contributed by atoms with E-state index in [9.17, 15) is 14.9 Å². The van der Waals surface area contributed by atoms with Crippen molar-refractivity contribution in [3.05, 3.63) is 22.5 Å². The molecule has 2 rings (SSSR count). The van der Waals surface area contributed by atoms with E-state index in [1.54, 1.807) is 7.11 Å². The fraction of sp³-hybridized carbons (Fsp3) is 0.692. The highest BCUT2D eigenvalue weighted by Gasteiger charge is 2.32. The Kier molecular flexibility index (Phi) is 5.45. The molecule has 0 bridgehead atoms. The number of nitro groups is 1. The number of amides is 1. The smallest absolute Gasteiger partial charge is 0.307 e. The SMILES string of the molecule is COCC1(CNC(=O)Cn2cc([N+](=O)[O-])cn2)CCNCC1. The van der Waals surface area contributed by atoms with Gasteiger partial charge in [0.2, 0.25) is 5.91 Å². The summed E-state index contributed by atoms with van der Waals surface area (Å²) in [5.41, 5.74) is -0.173. The Morgan fingerprint density at radius 3 is 2.91 bits per heavy atom. The van der Waals surface area contributed by atoms with Gasteiger partial charge in [-0.25, -0.2) is 0 Å². The second-order valence-corrected chi connectivity index (χ2v) is 5.61. The molecule has 0 radical (unpaired) electrons. The summed E-state index contributed by atoms with van der Waals surface area (Å²) in [5.74, 6) is -0.216. The topological polar surface area (TPSA) is 111 Å². The van der Waals surface area contributed by atoms with Crippen molar-refractivity contribution < 1.29 is 14.5 Å².